The SMILES string of the molecule is Fc1c2ccccc2c(-c2ccc3c(c2)SC2C(c4c5ccccc5c(-c5ccccc5)c5ccccc45)=CC=CC32)c2ccccc12. The molecule has 0 amide bonds. The van der Waals surface area contributed by atoms with Crippen molar-refractivity contribution in [1.29, 1.82) is 0 Å². The van der Waals surface area contributed by atoms with Crippen LogP contribution in [0.2, 0.25) is 0 Å². The van der Waals surface area contributed by atoms with Crippen LogP contribution in [0, 0.1) is 5.82 Å². The molecule has 1 aliphatic carbocycles. The van der Waals surface area contributed by atoms with Gasteiger partial charge < -0.3 is 0 Å². The zero-order valence-electron chi connectivity index (χ0n) is 26.0. The van der Waals surface area contributed by atoms with Crippen molar-refractivity contribution in [2.45, 2.75) is 16.1 Å². The molecule has 0 N–H and O–H groups in total. The average molecular weight is 633 g/mol. The quantitative estimate of drug-likeness (QED) is 0.175. The monoisotopic (exact) mass is 632 g/mol. The maximum atomic E-state index is 15.7. The van der Waals surface area contributed by atoms with E-state index in [1.54, 1.807) is 0 Å². The van der Waals surface area contributed by atoms with Crippen LogP contribution in [0.4, 0.5) is 4.39 Å². The molecule has 2 aliphatic rings. The van der Waals surface area contributed by atoms with Gasteiger partial charge in [-0.25, -0.2) is 4.39 Å². The molecule has 2 heteroatoms. The first kappa shape index (κ1) is 27.7. The summed E-state index contributed by atoms with van der Waals surface area (Å²) in [6.45, 7) is 0. The largest absolute Gasteiger partial charge is 0.206 e. The molecule has 0 saturated heterocycles. The fraction of sp³-hybridized carbons (Fsp3) is 0.0435. The van der Waals surface area contributed by atoms with E-state index in [0.29, 0.717) is 10.8 Å². The number of halogens is 1. The van der Waals surface area contributed by atoms with E-state index in [0.717, 1.165) is 21.9 Å². The third-order valence-corrected chi connectivity index (χ3v) is 11.7. The summed E-state index contributed by atoms with van der Waals surface area (Å²) in [5.41, 5.74) is 8.82. The van der Waals surface area contributed by atoms with Crippen molar-refractivity contribution in [3.8, 4) is 22.3 Å². The van der Waals surface area contributed by atoms with Gasteiger partial charge >= 0.3 is 0 Å². The normalized spacial score (nSPS) is 16.8. The van der Waals surface area contributed by atoms with Crippen molar-refractivity contribution >= 4 is 60.4 Å². The number of hydrogen-bond acceptors (Lipinski definition) is 1. The van der Waals surface area contributed by atoms with Gasteiger partial charge in [-0.3, -0.25) is 0 Å². The second-order valence-corrected chi connectivity index (χ2v) is 14.0. The Hall–Kier alpha value is -5.44. The predicted molar refractivity (Wildman–Crippen MR) is 203 cm³/mol. The summed E-state index contributed by atoms with van der Waals surface area (Å²) >= 11 is 1.97. The smallest absolute Gasteiger partial charge is 0.138 e. The molecular weight excluding hydrogens is 604 g/mol. The first-order valence-electron chi connectivity index (χ1n) is 16.5. The van der Waals surface area contributed by atoms with Crippen LogP contribution in [0.5, 0.6) is 0 Å². The van der Waals surface area contributed by atoms with Gasteiger partial charge in [-0.1, -0.05) is 158 Å². The molecule has 8 aromatic rings. The molecule has 1 heterocycles. The minimum Gasteiger partial charge on any atom is -0.206 e. The molecule has 2 atom stereocenters. The van der Waals surface area contributed by atoms with E-state index in [9.17, 15) is 0 Å². The second kappa shape index (κ2) is 10.8. The Balaban J connectivity index is 1.15. The van der Waals surface area contributed by atoms with Crippen LogP contribution in [0.15, 0.2) is 169 Å². The van der Waals surface area contributed by atoms with Crippen LogP contribution in [0.3, 0.4) is 0 Å². The average Bonchev–Trinajstić information content (AvgIpc) is 3.53. The van der Waals surface area contributed by atoms with Gasteiger partial charge in [0.25, 0.3) is 0 Å². The summed E-state index contributed by atoms with van der Waals surface area (Å²) in [7, 11) is 0. The summed E-state index contributed by atoms with van der Waals surface area (Å²) in [6, 6.07) is 51.3. The van der Waals surface area contributed by atoms with Gasteiger partial charge in [0, 0.05) is 26.8 Å². The molecule has 0 aromatic heterocycles. The lowest BCUT2D eigenvalue weighted by molar-refractivity contribution is 0.651. The zero-order valence-corrected chi connectivity index (χ0v) is 26.8. The van der Waals surface area contributed by atoms with Crippen LogP contribution in [-0.4, -0.2) is 5.25 Å². The van der Waals surface area contributed by atoms with Crippen molar-refractivity contribution in [1.82, 2.24) is 0 Å². The van der Waals surface area contributed by atoms with Crippen LogP contribution < -0.4 is 0 Å². The molecule has 226 valence electrons. The highest BCUT2D eigenvalue weighted by atomic mass is 32.2. The van der Waals surface area contributed by atoms with Gasteiger partial charge in [-0.15, -0.1) is 11.8 Å². The molecule has 1 aliphatic heterocycles. The third-order valence-electron chi connectivity index (χ3n) is 10.3. The van der Waals surface area contributed by atoms with Crippen molar-refractivity contribution in [2.75, 3.05) is 0 Å². The number of allylic oxidation sites excluding steroid dienone is 3. The van der Waals surface area contributed by atoms with Crippen molar-refractivity contribution in [2.24, 2.45) is 0 Å². The first-order valence-corrected chi connectivity index (χ1v) is 17.4. The Bertz CT molecular complexity index is 2550. The van der Waals surface area contributed by atoms with Gasteiger partial charge in [-0.05, 0) is 77.3 Å². The van der Waals surface area contributed by atoms with Crippen LogP contribution in [-0.2, 0) is 0 Å². The number of benzene rings is 8. The Labute approximate surface area is 282 Å². The molecular formula is C46H29FS. The number of thioether (sulfide) groups is 1. The lowest BCUT2D eigenvalue weighted by Gasteiger charge is -2.26. The summed E-state index contributed by atoms with van der Waals surface area (Å²) in [5, 5.41) is 8.62. The molecule has 0 nitrogen and oxygen atoms in total. The highest BCUT2D eigenvalue weighted by molar-refractivity contribution is 8.00. The van der Waals surface area contributed by atoms with Gasteiger partial charge in [0.15, 0.2) is 0 Å². The van der Waals surface area contributed by atoms with Gasteiger partial charge in [0.1, 0.15) is 5.82 Å². The third kappa shape index (κ3) is 4.03. The molecule has 2 unspecified atom stereocenters. The molecule has 0 fully saturated rings. The van der Waals surface area contributed by atoms with E-state index >= 15 is 4.39 Å². The van der Waals surface area contributed by atoms with Gasteiger partial charge in [-0.2, -0.15) is 0 Å². The molecule has 10 rings (SSSR count). The van der Waals surface area contributed by atoms with E-state index in [1.165, 1.54) is 54.3 Å². The van der Waals surface area contributed by atoms with Crippen molar-refractivity contribution in [3.05, 3.63) is 181 Å². The first-order chi connectivity index (χ1) is 23.8. The van der Waals surface area contributed by atoms with E-state index in [4.69, 9.17) is 0 Å². The Morgan fingerprint density at radius 3 is 1.52 bits per heavy atom. The molecule has 0 radical (unpaired) electrons. The highest BCUT2D eigenvalue weighted by Crippen LogP contribution is 2.56. The Morgan fingerprint density at radius 1 is 0.458 bits per heavy atom. The summed E-state index contributed by atoms with van der Waals surface area (Å²) in [5.74, 6) is 0.122. The minimum absolute atomic E-state index is 0.149. The van der Waals surface area contributed by atoms with Gasteiger partial charge in [0.05, 0.1) is 0 Å². The molecule has 0 spiro atoms. The fourth-order valence-corrected chi connectivity index (χ4v) is 9.76. The van der Waals surface area contributed by atoms with E-state index < -0.39 is 0 Å². The highest BCUT2D eigenvalue weighted by Gasteiger charge is 2.37. The molecule has 0 bridgehead atoms. The van der Waals surface area contributed by atoms with E-state index in [2.05, 4.69) is 127 Å². The van der Waals surface area contributed by atoms with E-state index in [-0.39, 0.29) is 17.0 Å². The fourth-order valence-electron chi connectivity index (χ4n) is 8.24. The van der Waals surface area contributed by atoms with Crippen LogP contribution >= 0.6 is 11.8 Å². The Kier molecular flexibility index (Phi) is 6.22. The van der Waals surface area contributed by atoms with E-state index in [1.807, 2.05) is 48.2 Å². The number of rotatable bonds is 3. The topological polar surface area (TPSA) is 0 Å². The van der Waals surface area contributed by atoms with Crippen LogP contribution in [0.1, 0.15) is 17.0 Å². The zero-order chi connectivity index (χ0) is 31.8. The predicted octanol–water partition coefficient (Wildman–Crippen LogP) is 13.0. The summed E-state index contributed by atoms with van der Waals surface area (Å²) in [4.78, 5) is 1.30. The number of hydrogen-bond donors (Lipinski definition) is 0. The lowest BCUT2D eigenvalue weighted by Crippen LogP contribution is -2.14. The molecule has 48 heavy (non-hydrogen) atoms. The van der Waals surface area contributed by atoms with Crippen molar-refractivity contribution in [3.63, 3.8) is 0 Å². The second-order valence-electron chi connectivity index (χ2n) is 12.8. The molecule has 8 aromatic carbocycles. The summed E-state index contributed by atoms with van der Waals surface area (Å²) in [6.07, 6.45) is 6.98. The van der Waals surface area contributed by atoms with Crippen molar-refractivity contribution < 1.29 is 4.39 Å². The van der Waals surface area contributed by atoms with Gasteiger partial charge in [0.2, 0.25) is 0 Å². The summed E-state index contributed by atoms with van der Waals surface area (Å²) < 4.78 is 15.7. The Morgan fingerprint density at radius 2 is 0.938 bits per heavy atom. The number of fused-ring (bicyclic) bond motifs is 7. The maximum Gasteiger partial charge on any atom is 0.138 e. The lowest BCUT2D eigenvalue weighted by atomic mass is 9.80. The molecule has 0 saturated carbocycles. The minimum atomic E-state index is -0.149. The maximum absolute atomic E-state index is 15.7. The standard InChI is InChI=1S/C46H29FS/c47-45-37-21-10-8-19-35(37)43(36-20-9-11-22-38(36)45)29-25-26-30-39-23-12-24-40(46(39)48-41(30)27-29)44-33-17-6-4-15-31(33)42(28-13-2-1-3-14-28)32-16-5-7-18-34(32)44/h1-27,39,46H. The van der Waals surface area contributed by atoms with Crippen LogP contribution in [0.25, 0.3) is 70.9 Å².